The number of ether oxygens (including phenoxy) is 1. The molecule has 2 heterocycles. The quantitative estimate of drug-likeness (QED) is 0.394. The summed E-state index contributed by atoms with van der Waals surface area (Å²) in [6, 6.07) is 0.894. The monoisotopic (exact) mass is 467 g/mol. The van der Waals surface area contributed by atoms with Gasteiger partial charge in [0.1, 0.15) is 24.0 Å². The van der Waals surface area contributed by atoms with Crippen molar-refractivity contribution < 1.29 is 27.1 Å². The summed E-state index contributed by atoms with van der Waals surface area (Å²) in [7, 11) is 1.53. The van der Waals surface area contributed by atoms with Crippen LogP contribution < -0.4 is 16.0 Å². The number of carbonyl (C=O) groups is 1. The fraction of sp³-hybridized carbons (Fsp3) is 0.300. The van der Waals surface area contributed by atoms with Crippen LogP contribution in [0, 0.1) is 23.3 Å². The van der Waals surface area contributed by atoms with Crippen molar-refractivity contribution in [2.24, 2.45) is 0 Å². The lowest BCUT2D eigenvalue weighted by Gasteiger charge is -2.12. The molecule has 13 heteroatoms. The van der Waals surface area contributed by atoms with Crippen LogP contribution >= 0.6 is 0 Å². The molecule has 1 atom stereocenters. The van der Waals surface area contributed by atoms with Crippen molar-refractivity contribution in [2.45, 2.75) is 26.1 Å². The number of hydrogen-bond acceptors (Lipinski definition) is 7. The van der Waals surface area contributed by atoms with Crippen molar-refractivity contribution >= 4 is 23.4 Å². The Bertz CT molecular complexity index is 1100. The molecule has 0 aliphatic heterocycles. The van der Waals surface area contributed by atoms with Gasteiger partial charge >= 0.3 is 0 Å². The number of hydrogen-bond donors (Lipinski definition) is 3. The number of benzene rings is 1. The molecule has 3 rings (SSSR count). The molecule has 0 saturated heterocycles. The summed E-state index contributed by atoms with van der Waals surface area (Å²) in [6.45, 7) is 1.66. The molecular weight excluding hydrogens is 446 g/mol. The molecule has 1 unspecified atom stereocenters. The van der Waals surface area contributed by atoms with Gasteiger partial charge in [-0.2, -0.15) is 10.1 Å². The second-order valence-electron chi connectivity index (χ2n) is 7.07. The number of nitrogens with one attached hydrogen (secondary N) is 3. The van der Waals surface area contributed by atoms with E-state index < -0.39 is 35.4 Å². The first-order valence-corrected chi connectivity index (χ1v) is 9.72. The van der Waals surface area contributed by atoms with Gasteiger partial charge in [-0.15, -0.1) is 0 Å². The Labute approximate surface area is 186 Å². The normalized spacial score (nSPS) is 11.8. The van der Waals surface area contributed by atoms with Crippen LogP contribution in [0.2, 0.25) is 0 Å². The zero-order valence-corrected chi connectivity index (χ0v) is 17.7. The van der Waals surface area contributed by atoms with E-state index in [-0.39, 0.29) is 30.3 Å². The Morgan fingerprint density at radius 1 is 1.15 bits per heavy atom. The highest BCUT2D eigenvalue weighted by Crippen LogP contribution is 2.19. The summed E-state index contributed by atoms with van der Waals surface area (Å²) in [5.74, 6) is -4.76. The third kappa shape index (κ3) is 6.62. The average molecular weight is 467 g/mol. The van der Waals surface area contributed by atoms with Crippen LogP contribution in [0.15, 0.2) is 30.7 Å². The zero-order valence-electron chi connectivity index (χ0n) is 17.7. The van der Waals surface area contributed by atoms with Gasteiger partial charge in [0.25, 0.3) is 0 Å². The lowest BCUT2D eigenvalue weighted by Crippen LogP contribution is -2.37. The van der Waals surface area contributed by atoms with Gasteiger partial charge in [0.15, 0.2) is 11.6 Å². The van der Waals surface area contributed by atoms with E-state index in [9.17, 15) is 22.4 Å². The first-order chi connectivity index (χ1) is 15.7. The van der Waals surface area contributed by atoms with Gasteiger partial charge in [-0.3, -0.25) is 9.48 Å². The summed E-state index contributed by atoms with van der Waals surface area (Å²) >= 11 is 0. The Morgan fingerprint density at radius 3 is 2.58 bits per heavy atom. The lowest BCUT2D eigenvalue weighted by molar-refractivity contribution is -0.122. The van der Waals surface area contributed by atoms with E-state index >= 15 is 0 Å². The predicted octanol–water partition coefficient (Wildman–Crippen LogP) is 2.74. The van der Waals surface area contributed by atoms with Gasteiger partial charge in [-0.25, -0.2) is 22.5 Å². The second kappa shape index (κ2) is 10.7. The third-order valence-electron chi connectivity index (χ3n) is 4.30. The molecule has 0 spiro atoms. The van der Waals surface area contributed by atoms with E-state index in [2.05, 4.69) is 31.0 Å². The van der Waals surface area contributed by atoms with Crippen molar-refractivity contribution in [3.8, 4) is 0 Å². The zero-order chi connectivity index (χ0) is 24.0. The Morgan fingerprint density at radius 2 is 1.88 bits per heavy atom. The first-order valence-electron chi connectivity index (χ1n) is 9.72. The molecule has 0 radical (unpaired) electrons. The minimum Gasteiger partial charge on any atom is -0.383 e. The molecule has 0 aliphatic rings. The van der Waals surface area contributed by atoms with Gasteiger partial charge in [-0.1, -0.05) is 0 Å². The predicted molar refractivity (Wildman–Crippen MR) is 111 cm³/mol. The van der Waals surface area contributed by atoms with Crippen LogP contribution in [-0.2, 0) is 22.6 Å². The maximum Gasteiger partial charge on any atom is 0.242 e. The summed E-state index contributed by atoms with van der Waals surface area (Å²) in [4.78, 5) is 19.7. The number of amides is 1. The van der Waals surface area contributed by atoms with E-state index in [1.807, 2.05) is 0 Å². The van der Waals surface area contributed by atoms with Crippen molar-refractivity contribution in [1.82, 2.24) is 25.1 Å². The van der Waals surface area contributed by atoms with Crippen LogP contribution in [0.1, 0.15) is 12.5 Å². The van der Waals surface area contributed by atoms with Crippen molar-refractivity contribution in [3.05, 3.63) is 59.6 Å². The molecule has 0 saturated carbocycles. The van der Waals surface area contributed by atoms with Crippen LogP contribution in [0.3, 0.4) is 0 Å². The molecule has 3 aromatic rings. The Kier molecular flexibility index (Phi) is 7.77. The van der Waals surface area contributed by atoms with Gasteiger partial charge in [0, 0.05) is 43.6 Å². The average Bonchev–Trinajstić information content (AvgIpc) is 3.15. The maximum absolute atomic E-state index is 14.1. The highest BCUT2D eigenvalue weighted by Gasteiger charge is 2.14. The lowest BCUT2D eigenvalue weighted by atomic mass is 10.2. The standard InChI is InChI=1S/C20H21F4N7O2/c1-11(10-33-2)28-18(32)9-31-8-13(5-27-31)29-20-26-7-17(24)19(30-20)25-6-14-15(22)3-12(21)4-16(14)23/h3-5,7-8,11H,6,9-10H2,1-2H3,(H,28,32)(H2,25,26,29,30). The van der Waals surface area contributed by atoms with E-state index in [0.29, 0.717) is 24.4 Å². The summed E-state index contributed by atoms with van der Waals surface area (Å²) in [5.41, 5.74) is -0.0517. The molecule has 1 aromatic carbocycles. The Hall–Kier alpha value is -3.74. The fourth-order valence-corrected chi connectivity index (χ4v) is 2.87. The molecule has 1 amide bonds. The fourth-order valence-electron chi connectivity index (χ4n) is 2.87. The molecule has 3 N–H and O–H groups in total. The van der Waals surface area contributed by atoms with Crippen LogP contribution in [-0.4, -0.2) is 45.4 Å². The van der Waals surface area contributed by atoms with Gasteiger partial charge < -0.3 is 20.7 Å². The van der Waals surface area contributed by atoms with Crippen LogP contribution in [0.5, 0.6) is 0 Å². The van der Waals surface area contributed by atoms with E-state index in [1.165, 1.54) is 24.2 Å². The summed E-state index contributed by atoms with van der Waals surface area (Å²) in [6.07, 6.45) is 3.79. The number of carbonyl (C=O) groups excluding carboxylic acids is 1. The molecule has 9 nitrogen and oxygen atoms in total. The van der Waals surface area contributed by atoms with E-state index in [1.54, 1.807) is 6.92 Å². The topological polar surface area (TPSA) is 106 Å². The number of rotatable bonds is 10. The molecule has 33 heavy (non-hydrogen) atoms. The third-order valence-corrected chi connectivity index (χ3v) is 4.30. The van der Waals surface area contributed by atoms with Gasteiger partial charge in [0.2, 0.25) is 11.9 Å². The number of halogens is 4. The van der Waals surface area contributed by atoms with E-state index in [4.69, 9.17) is 4.74 Å². The van der Waals surface area contributed by atoms with Gasteiger partial charge in [-0.05, 0) is 6.92 Å². The van der Waals surface area contributed by atoms with Crippen LogP contribution in [0.4, 0.5) is 35.0 Å². The molecular formula is C20H21F4N7O2. The van der Waals surface area contributed by atoms with Crippen molar-refractivity contribution in [2.75, 3.05) is 24.4 Å². The minimum atomic E-state index is -1.11. The molecule has 0 fully saturated rings. The SMILES string of the molecule is COCC(C)NC(=O)Cn1cc(Nc2ncc(F)c(NCc3c(F)cc(F)cc3F)n2)cn1. The highest BCUT2D eigenvalue weighted by molar-refractivity contribution is 5.76. The smallest absolute Gasteiger partial charge is 0.242 e. The van der Waals surface area contributed by atoms with Crippen molar-refractivity contribution in [1.29, 1.82) is 0 Å². The summed E-state index contributed by atoms with van der Waals surface area (Å²) < 4.78 is 61.0. The number of anilines is 3. The number of methoxy groups -OCH3 is 1. The second-order valence-corrected chi connectivity index (χ2v) is 7.07. The largest absolute Gasteiger partial charge is 0.383 e. The molecule has 2 aromatic heterocycles. The van der Waals surface area contributed by atoms with E-state index in [0.717, 1.165) is 6.20 Å². The first kappa shape index (κ1) is 23.9. The minimum absolute atomic E-state index is 0.0309. The highest BCUT2D eigenvalue weighted by atomic mass is 19.1. The molecule has 0 bridgehead atoms. The van der Waals surface area contributed by atoms with Crippen LogP contribution in [0.25, 0.3) is 0 Å². The van der Waals surface area contributed by atoms with Crippen molar-refractivity contribution in [3.63, 3.8) is 0 Å². The summed E-state index contributed by atoms with van der Waals surface area (Å²) in [5, 5.41) is 12.1. The Balaban J connectivity index is 1.63. The molecule has 176 valence electrons. The van der Waals surface area contributed by atoms with Gasteiger partial charge in [0.05, 0.1) is 24.7 Å². The molecule has 0 aliphatic carbocycles. The number of nitrogens with zero attached hydrogens (tertiary/aromatic N) is 4. The number of aromatic nitrogens is 4. The maximum atomic E-state index is 14.1.